The van der Waals surface area contributed by atoms with Gasteiger partial charge in [0, 0.05) is 0 Å². The Labute approximate surface area is 100 Å². The van der Waals surface area contributed by atoms with Crippen LogP contribution in [0.4, 0.5) is 0 Å². The highest BCUT2D eigenvalue weighted by atomic mass is 35.5. The first-order valence-corrected chi connectivity index (χ1v) is 5.90. The molecule has 0 atom stereocenters. The fourth-order valence-electron chi connectivity index (χ4n) is 1.56. The minimum Gasteiger partial charge on any atom is -0.0826 e. The van der Waals surface area contributed by atoms with Gasteiger partial charge in [0.2, 0.25) is 0 Å². The fraction of sp³-hybridized carbons (Fsp3) is 0.455. The van der Waals surface area contributed by atoms with Crippen molar-refractivity contribution in [1.82, 2.24) is 0 Å². The Bertz CT molecular complexity index is 332. The zero-order valence-electron chi connectivity index (χ0n) is 8.33. The normalized spacial score (nSPS) is 10.6. The van der Waals surface area contributed by atoms with Gasteiger partial charge in [-0.2, -0.15) is 0 Å². The molecule has 0 unspecified atom stereocenters. The van der Waals surface area contributed by atoms with Crippen molar-refractivity contribution in [2.24, 2.45) is 0 Å². The third-order valence-electron chi connectivity index (χ3n) is 2.23. The van der Waals surface area contributed by atoms with Gasteiger partial charge in [-0.3, -0.25) is 0 Å². The number of aryl methyl sites for hydroxylation is 1. The second-order valence-electron chi connectivity index (χ2n) is 3.23. The smallest absolute Gasteiger partial charge is 0.0781 e. The van der Waals surface area contributed by atoms with Gasteiger partial charge in [0.25, 0.3) is 0 Å². The van der Waals surface area contributed by atoms with Crippen LogP contribution in [0, 0.1) is 0 Å². The van der Waals surface area contributed by atoms with Crippen molar-refractivity contribution in [2.75, 3.05) is 0 Å². The van der Waals surface area contributed by atoms with Crippen molar-refractivity contribution in [3.63, 3.8) is 0 Å². The Hall–Kier alpha value is 0.0900. The lowest BCUT2D eigenvalue weighted by Gasteiger charge is -2.11. The van der Waals surface area contributed by atoms with Crippen LogP contribution in [0.1, 0.15) is 31.4 Å². The molecule has 0 amide bonds. The molecule has 0 bridgehead atoms. The van der Waals surface area contributed by atoms with Gasteiger partial charge in [-0.1, -0.05) is 55.1 Å². The van der Waals surface area contributed by atoms with Crippen molar-refractivity contribution in [3.05, 3.63) is 32.3 Å². The molecule has 0 radical (unpaired) electrons. The molecule has 0 aliphatic rings. The molecule has 0 spiro atoms. The molecule has 0 N–H and O–H groups in total. The van der Waals surface area contributed by atoms with E-state index in [9.17, 15) is 0 Å². The molecular weight excluding hydrogens is 238 g/mol. The summed E-state index contributed by atoms with van der Waals surface area (Å²) >= 11 is 18.1. The molecule has 0 saturated heterocycles. The highest BCUT2D eigenvalue weighted by molar-refractivity contribution is 6.48. The average Bonchev–Trinajstić information content (AvgIpc) is 2.16. The first-order chi connectivity index (χ1) is 6.61. The lowest BCUT2D eigenvalue weighted by molar-refractivity contribution is 0.899. The van der Waals surface area contributed by atoms with Gasteiger partial charge in [-0.05, 0) is 30.0 Å². The third-order valence-corrected chi connectivity index (χ3v) is 3.53. The molecule has 0 aliphatic carbocycles. The van der Waals surface area contributed by atoms with Crippen LogP contribution >= 0.6 is 34.8 Å². The number of benzene rings is 1. The molecular formula is C11H13Cl3. The van der Waals surface area contributed by atoms with Gasteiger partial charge < -0.3 is 0 Å². The second kappa shape index (κ2) is 5.25. The molecule has 1 aromatic rings. The van der Waals surface area contributed by atoms with Crippen molar-refractivity contribution < 1.29 is 0 Å². The van der Waals surface area contributed by atoms with E-state index < -0.39 is 0 Å². The molecule has 14 heavy (non-hydrogen) atoms. The zero-order valence-corrected chi connectivity index (χ0v) is 10.6. The first-order valence-electron chi connectivity index (χ1n) is 4.77. The molecule has 0 heterocycles. The van der Waals surface area contributed by atoms with Crippen molar-refractivity contribution in [2.45, 2.75) is 33.1 Å². The van der Waals surface area contributed by atoms with E-state index in [1.54, 1.807) is 0 Å². The van der Waals surface area contributed by atoms with Crippen LogP contribution in [0.2, 0.25) is 15.1 Å². The summed E-state index contributed by atoms with van der Waals surface area (Å²) in [5.74, 6) is 0. The van der Waals surface area contributed by atoms with Crippen LogP contribution in [0.25, 0.3) is 0 Å². The highest BCUT2D eigenvalue weighted by Gasteiger charge is 2.12. The Morgan fingerprint density at radius 1 is 1.07 bits per heavy atom. The largest absolute Gasteiger partial charge is 0.0826 e. The van der Waals surface area contributed by atoms with Crippen LogP contribution < -0.4 is 0 Å². The Morgan fingerprint density at radius 2 is 1.71 bits per heavy atom. The fourth-order valence-corrected chi connectivity index (χ4v) is 2.36. The standard InChI is InChI=1S/C11H13Cl3/c1-3-5-7-6-9(12)11(14)10(13)8(7)4-2/h6H,3-5H2,1-2H3. The minimum atomic E-state index is 0.477. The van der Waals surface area contributed by atoms with Crippen molar-refractivity contribution in [1.29, 1.82) is 0 Å². The summed E-state index contributed by atoms with van der Waals surface area (Å²) in [6.45, 7) is 4.21. The van der Waals surface area contributed by atoms with Crippen LogP contribution in [0.15, 0.2) is 6.07 Å². The number of hydrogen-bond acceptors (Lipinski definition) is 0. The molecule has 0 nitrogen and oxygen atoms in total. The van der Waals surface area contributed by atoms with Gasteiger partial charge in [0.15, 0.2) is 0 Å². The summed E-state index contributed by atoms with van der Waals surface area (Å²) in [5, 5.41) is 1.65. The van der Waals surface area contributed by atoms with E-state index >= 15 is 0 Å². The van der Waals surface area contributed by atoms with E-state index in [-0.39, 0.29) is 0 Å². The number of hydrogen-bond donors (Lipinski definition) is 0. The maximum Gasteiger partial charge on any atom is 0.0781 e. The highest BCUT2D eigenvalue weighted by Crippen LogP contribution is 2.35. The van der Waals surface area contributed by atoms with E-state index in [0.29, 0.717) is 15.1 Å². The maximum atomic E-state index is 6.12. The Balaban J connectivity index is 3.28. The first kappa shape index (κ1) is 12.2. The summed E-state index contributed by atoms with van der Waals surface area (Å²) in [5.41, 5.74) is 2.34. The average molecular weight is 252 g/mol. The van der Waals surface area contributed by atoms with Gasteiger partial charge >= 0.3 is 0 Å². The van der Waals surface area contributed by atoms with Crippen molar-refractivity contribution >= 4 is 34.8 Å². The van der Waals surface area contributed by atoms with Gasteiger partial charge in [0.05, 0.1) is 15.1 Å². The summed E-state index contributed by atoms with van der Waals surface area (Å²) in [6.07, 6.45) is 2.98. The topological polar surface area (TPSA) is 0 Å². The van der Waals surface area contributed by atoms with E-state index in [4.69, 9.17) is 34.8 Å². The quantitative estimate of drug-likeness (QED) is 0.651. The summed E-state index contributed by atoms with van der Waals surface area (Å²) in [4.78, 5) is 0. The molecule has 0 aromatic heterocycles. The van der Waals surface area contributed by atoms with Crippen LogP contribution in [-0.2, 0) is 12.8 Å². The van der Waals surface area contributed by atoms with E-state index in [1.807, 2.05) is 6.07 Å². The molecule has 0 saturated carbocycles. The molecule has 3 heteroatoms. The number of halogens is 3. The Kier molecular flexibility index (Phi) is 4.56. The Morgan fingerprint density at radius 3 is 2.21 bits per heavy atom. The van der Waals surface area contributed by atoms with Gasteiger partial charge in [0.1, 0.15) is 0 Å². The zero-order chi connectivity index (χ0) is 10.7. The maximum absolute atomic E-state index is 6.12. The molecule has 0 fully saturated rings. The summed E-state index contributed by atoms with van der Waals surface area (Å²) in [6, 6.07) is 1.93. The molecule has 0 aliphatic heterocycles. The summed E-state index contributed by atoms with van der Waals surface area (Å²) in [7, 11) is 0. The van der Waals surface area contributed by atoms with E-state index in [1.165, 1.54) is 5.56 Å². The minimum absolute atomic E-state index is 0.477. The third kappa shape index (κ3) is 2.36. The lowest BCUT2D eigenvalue weighted by Crippen LogP contribution is -1.95. The van der Waals surface area contributed by atoms with E-state index in [0.717, 1.165) is 24.8 Å². The van der Waals surface area contributed by atoms with Crippen LogP contribution in [-0.4, -0.2) is 0 Å². The molecule has 78 valence electrons. The second-order valence-corrected chi connectivity index (χ2v) is 4.39. The van der Waals surface area contributed by atoms with Gasteiger partial charge in [-0.25, -0.2) is 0 Å². The molecule has 1 rings (SSSR count). The van der Waals surface area contributed by atoms with Crippen LogP contribution in [0.3, 0.4) is 0 Å². The SMILES string of the molecule is CCCc1cc(Cl)c(Cl)c(Cl)c1CC. The number of rotatable bonds is 3. The summed E-state index contributed by atoms with van der Waals surface area (Å²) < 4.78 is 0. The molecule has 1 aromatic carbocycles. The van der Waals surface area contributed by atoms with Crippen molar-refractivity contribution in [3.8, 4) is 0 Å². The monoisotopic (exact) mass is 250 g/mol. The van der Waals surface area contributed by atoms with Crippen LogP contribution in [0.5, 0.6) is 0 Å². The predicted octanol–water partition coefficient (Wildman–Crippen LogP) is 5.16. The predicted molar refractivity (Wildman–Crippen MR) is 64.8 cm³/mol. The lowest BCUT2D eigenvalue weighted by atomic mass is 10.0. The van der Waals surface area contributed by atoms with Gasteiger partial charge in [-0.15, -0.1) is 0 Å². The van der Waals surface area contributed by atoms with E-state index in [2.05, 4.69) is 13.8 Å².